The second kappa shape index (κ2) is 7.05. The smallest absolute Gasteiger partial charge is 0.305 e. The van der Waals surface area contributed by atoms with Crippen LogP contribution >= 0.6 is 0 Å². The molecule has 1 aromatic heterocycles. The SMILES string of the molecule is CCn1c(CNCCCC(=O)OC)nc2ccccc21. The van der Waals surface area contributed by atoms with Crippen molar-refractivity contribution in [1.29, 1.82) is 0 Å². The van der Waals surface area contributed by atoms with Gasteiger partial charge in [-0.3, -0.25) is 4.79 Å². The Morgan fingerprint density at radius 3 is 2.95 bits per heavy atom. The number of esters is 1. The number of hydrogen-bond donors (Lipinski definition) is 1. The highest BCUT2D eigenvalue weighted by Gasteiger charge is 2.08. The van der Waals surface area contributed by atoms with Crippen LogP contribution in [0.25, 0.3) is 11.0 Å². The van der Waals surface area contributed by atoms with E-state index in [1.807, 2.05) is 18.2 Å². The summed E-state index contributed by atoms with van der Waals surface area (Å²) >= 11 is 0. The van der Waals surface area contributed by atoms with Crippen molar-refractivity contribution >= 4 is 17.0 Å². The zero-order valence-corrected chi connectivity index (χ0v) is 12.1. The summed E-state index contributed by atoms with van der Waals surface area (Å²) in [4.78, 5) is 15.6. The maximum absolute atomic E-state index is 11.0. The number of ether oxygens (including phenoxy) is 1. The number of fused-ring (bicyclic) bond motifs is 1. The number of aromatic nitrogens is 2. The first-order valence-electron chi connectivity index (χ1n) is 6.98. The first-order chi connectivity index (χ1) is 9.76. The van der Waals surface area contributed by atoms with Crippen molar-refractivity contribution < 1.29 is 9.53 Å². The average molecular weight is 275 g/mol. The Kier molecular flexibility index (Phi) is 5.12. The molecule has 1 aromatic carbocycles. The van der Waals surface area contributed by atoms with Crippen LogP contribution < -0.4 is 5.32 Å². The van der Waals surface area contributed by atoms with E-state index in [1.54, 1.807) is 0 Å². The van der Waals surface area contributed by atoms with Gasteiger partial charge < -0.3 is 14.6 Å². The van der Waals surface area contributed by atoms with Crippen molar-refractivity contribution in [1.82, 2.24) is 14.9 Å². The Hall–Kier alpha value is -1.88. The van der Waals surface area contributed by atoms with Gasteiger partial charge in [0.15, 0.2) is 0 Å². The Bertz CT molecular complexity index is 578. The van der Waals surface area contributed by atoms with Crippen molar-refractivity contribution in [2.45, 2.75) is 32.9 Å². The van der Waals surface area contributed by atoms with Gasteiger partial charge in [-0.15, -0.1) is 0 Å². The van der Waals surface area contributed by atoms with Gasteiger partial charge >= 0.3 is 5.97 Å². The first-order valence-corrected chi connectivity index (χ1v) is 6.98. The summed E-state index contributed by atoms with van der Waals surface area (Å²) < 4.78 is 6.82. The number of benzene rings is 1. The highest BCUT2D eigenvalue weighted by atomic mass is 16.5. The summed E-state index contributed by atoms with van der Waals surface area (Å²) in [6.45, 7) is 4.51. The maximum atomic E-state index is 11.0. The molecule has 20 heavy (non-hydrogen) atoms. The highest BCUT2D eigenvalue weighted by Crippen LogP contribution is 2.15. The van der Waals surface area contributed by atoms with Crippen LogP contribution in [0.4, 0.5) is 0 Å². The molecule has 0 spiro atoms. The van der Waals surface area contributed by atoms with Gasteiger partial charge in [-0.05, 0) is 32.0 Å². The van der Waals surface area contributed by atoms with Gasteiger partial charge in [-0.1, -0.05) is 12.1 Å². The lowest BCUT2D eigenvalue weighted by molar-refractivity contribution is -0.140. The molecule has 0 bridgehead atoms. The number of carbonyl (C=O) groups excluding carboxylic acids is 1. The molecule has 0 saturated carbocycles. The normalized spacial score (nSPS) is 10.9. The molecular formula is C15H21N3O2. The van der Waals surface area contributed by atoms with E-state index in [0.29, 0.717) is 13.0 Å². The third-order valence-electron chi connectivity index (χ3n) is 3.30. The minimum Gasteiger partial charge on any atom is -0.469 e. The van der Waals surface area contributed by atoms with E-state index in [1.165, 1.54) is 12.6 Å². The second-order valence-electron chi connectivity index (χ2n) is 4.62. The van der Waals surface area contributed by atoms with E-state index < -0.39 is 0 Å². The van der Waals surface area contributed by atoms with Crippen LogP contribution in [0, 0.1) is 0 Å². The minimum absolute atomic E-state index is 0.160. The molecular weight excluding hydrogens is 254 g/mol. The zero-order chi connectivity index (χ0) is 14.4. The van der Waals surface area contributed by atoms with Crippen LogP contribution in [0.3, 0.4) is 0 Å². The second-order valence-corrected chi connectivity index (χ2v) is 4.62. The molecule has 5 nitrogen and oxygen atoms in total. The standard InChI is InChI=1S/C15H21N3O2/c1-3-18-13-8-5-4-7-12(13)17-14(18)11-16-10-6-9-15(19)20-2/h4-5,7-8,16H,3,6,9-11H2,1-2H3. The van der Waals surface area contributed by atoms with E-state index in [0.717, 1.165) is 30.9 Å². The number of carbonyl (C=O) groups is 1. The van der Waals surface area contributed by atoms with Crippen LogP contribution in [0.1, 0.15) is 25.6 Å². The predicted octanol–water partition coefficient (Wildman–Crippen LogP) is 2.10. The molecule has 0 radical (unpaired) electrons. The number of hydrogen-bond acceptors (Lipinski definition) is 4. The molecule has 0 atom stereocenters. The van der Waals surface area contributed by atoms with Crippen LogP contribution in [0.5, 0.6) is 0 Å². The number of imidazole rings is 1. The summed E-state index contributed by atoms with van der Waals surface area (Å²) in [5.41, 5.74) is 2.20. The van der Waals surface area contributed by atoms with E-state index >= 15 is 0 Å². The minimum atomic E-state index is -0.160. The molecule has 0 amide bonds. The van der Waals surface area contributed by atoms with Crippen molar-refractivity contribution in [2.75, 3.05) is 13.7 Å². The maximum Gasteiger partial charge on any atom is 0.305 e. The third kappa shape index (κ3) is 3.36. The van der Waals surface area contributed by atoms with E-state index in [9.17, 15) is 4.79 Å². The lowest BCUT2D eigenvalue weighted by atomic mass is 10.3. The molecule has 0 aliphatic rings. The summed E-state index contributed by atoms with van der Waals surface area (Å²) in [7, 11) is 1.42. The summed E-state index contributed by atoms with van der Waals surface area (Å²) in [6, 6.07) is 8.15. The molecule has 0 fully saturated rings. The quantitative estimate of drug-likeness (QED) is 0.621. The fourth-order valence-corrected chi connectivity index (χ4v) is 2.27. The first kappa shape index (κ1) is 14.5. The van der Waals surface area contributed by atoms with Crippen LogP contribution in [-0.4, -0.2) is 29.2 Å². The van der Waals surface area contributed by atoms with Gasteiger partial charge in [0.2, 0.25) is 0 Å². The van der Waals surface area contributed by atoms with Crippen molar-refractivity contribution in [2.24, 2.45) is 0 Å². The molecule has 5 heteroatoms. The lowest BCUT2D eigenvalue weighted by Crippen LogP contribution is -2.19. The number of methoxy groups -OCH3 is 1. The Balaban J connectivity index is 1.91. The molecule has 2 rings (SSSR count). The van der Waals surface area contributed by atoms with Gasteiger partial charge in [0.05, 0.1) is 24.7 Å². The molecule has 0 saturated heterocycles. The molecule has 0 unspecified atom stereocenters. The Labute approximate surface area is 118 Å². The summed E-state index contributed by atoms with van der Waals surface area (Å²) in [5, 5.41) is 3.33. The molecule has 108 valence electrons. The number of nitrogens with one attached hydrogen (secondary N) is 1. The lowest BCUT2D eigenvalue weighted by Gasteiger charge is -2.07. The van der Waals surface area contributed by atoms with Crippen molar-refractivity contribution in [3.8, 4) is 0 Å². The van der Waals surface area contributed by atoms with E-state index in [2.05, 4.69) is 32.6 Å². The molecule has 1 N–H and O–H groups in total. The van der Waals surface area contributed by atoms with Gasteiger partial charge in [-0.25, -0.2) is 4.98 Å². The van der Waals surface area contributed by atoms with Crippen molar-refractivity contribution in [3.63, 3.8) is 0 Å². The number of nitrogens with zero attached hydrogens (tertiary/aromatic N) is 2. The summed E-state index contributed by atoms with van der Waals surface area (Å²) in [6.07, 6.45) is 1.23. The number of rotatable bonds is 7. The van der Waals surface area contributed by atoms with Crippen LogP contribution in [-0.2, 0) is 22.6 Å². The monoisotopic (exact) mass is 275 g/mol. The van der Waals surface area contributed by atoms with Crippen LogP contribution in [0.2, 0.25) is 0 Å². The predicted molar refractivity (Wildman–Crippen MR) is 78.4 cm³/mol. The van der Waals surface area contributed by atoms with E-state index in [4.69, 9.17) is 0 Å². The fourth-order valence-electron chi connectivity index (χ4n) is 2.27. The van der Waals surface area contributed by atoms with Gasteiger partial charge in [0.1, 0.15) is 5.82 Å². The summed E-state index contributed by atoms with van der Waals surface area (Å²) in [5.74, 6) is 0.874. The van der Waals surface area contributed by atoms with Gasteiger partial charge in [-0.2, -0.15) is 0 Å². The molecule has 0 aliphatic carbocycles. The fraction of sp³-hybridized carbons (Fsp3) is 0.467. The molecule has 0 aliphatic heterocycles. The highest BCUT2D eigenvalue weighted by molar-refractivity contribution is 5.75. The zero-order valence-electron chi connectivity index (χ0n) is 12.1. The molecule has 1 heterocycles. The third-order valence-corrected chi connectivity index (χ3v) is 3.30. The van der Waals surface area contributed by atoms with Gasteiger partial charge in [0.25, 0.3) is 0 Å². The van der Waals surface area contributed by atoms with Crippen molar-refractivity contribution in [3.05, 3.63) is 30.1 Å². The number of aryl methyl sites for hydroxylation is 1. The Morgan fingerprint density at radius 2 is 2.20 bits per heavy atom. The molecule has 2 aromatic rings. The largest absolute Gasteiger partial charge is 0.469 e. The topological polar surface area (TPSA) is 56.2 Å². The van der Waals surface area contributed by atoms with Gasteiger partial charge in [0, 0.05) is 13.0 Å². The average Bonchev–Trinajstić information content (AvgIpc) is 2.83. The number of para-hydroxylation sites is 2. The Morgan fingerprint density at radius 1 is 1.40 bits per heavy atom. The van der Waals surface area contributed by atoms with Crippen LogP contribution in [0.15, 0.2) is 24.3 Å². The van der Waals surface area contributed by atoms with E-state index in [-0.39, 0.29) is 5.97 Å².